The van der Waals surface area contributed by atoms with Gasteiger partial charge in [0.15, 0.2) is 0 Å². The summed E-state index contributed by atoms with van der Waals surface area (Å²) in [6, 6.07) is 0.461. The molecule has 2 aliphatic rings. The molecule has 2 heterocycles. The van der Waals surface area contributed by atoms with E-state index in [1.54, 1.807) is 0 Å². The number of nitrogens with zero attached hydrogens (tertiary/aromatic N) is 2. The van der Waals surface area contributed by atoms with Crippen molar-refractivity contribution in [1.82, 2.24) is 4.90 Å². The predicted molar refractivity (Wildman–Crippen MR) is 56.7 cm³/mol. The number of dihydropyridines is 1. The lowest BCUT2D eigenvalue weighted by Gasteiger charge is -2.34. The van der Waals surface area contributed by atoms with Gasteiger partial charge in [-0.25, -0.2) is 0 Å². The van der Waals surface area contributed by atoms with Crippen molar-refractivity contribution in [1.29, 1.82) is 0 Å². The standard InChI is InChI=1S/C10H15ClN2/c1-13-7-2-4-9(13)10(11)5-3-6-12-8-10/h3,5-6,9H,2,4,7-8H2,1H3/t9-,10?/m0/s1. The number of aliphatic imine (C=N–C) groups is 1. The molecule has 1 fully saturated rings. The fourth-order valence-corrected chi connectivity index (χ4v) is 2.66. The zero-order valence-electron chi connectivity index (χ0n) is 7.91. The van der Waals surface area contributed by atoms with E-state index in [1.807, 2.05) is 12.3 Å². The van der Waals surface area contributed by atoms with Crippen molar-refractivity contribution < 1.29 is 0 Å². The molecule has 0 spiro atoms. The van der Waals surface area contributed by atoms with Gasteiger partial charge in [0.25, 0.3) is 0 Å². The molecule has 0 aromatic rings. The second-order valence-corrected chi connectivity index (χ2v) is 4.62. The molecule has 0 saturated carbocycles. The first-order valence-corrected chi connectivity index (χ1v) is 5.17. The SMILES string of the molecule is CN1CCC[C@H]1C1(Cl)C=CC=NC1. The average molecular weight is 199 g/mol. The third kappa shape index (κ3) is 1.65. The van der Waals surface area contributed by atoms with E-state index in [2.05, 4.69) is 23.0 Å². The van der Waals surface area contributed by atoms with Gasteiger partial charge in [-0.2, -0.15) is 0 Å². The Morgan fingerprint density at radius 2 is 2.46 bits per heavy atom. The van der Waals surface area contributed by atoms with E-state index in [9.17, 15) is 0 Å². The first kappa shape index (κ1) is 9.22. The van der Waals surface area contributed by atoms with E-state index in [0.29, 0.717) is 6.04 Å². The summed E-state index contributed by atoms with van der Waals surface area (Å²) >= 11 is 6.53. The lowest BCUT2D eigenvalue weighted by molar-refractivity contribution is 0.273. The Bertz CT molecular complexity index is 249. The van der Waals surface area contributed by atoms with Crippen molar-refractivity contribution in [3.05, 3.63) is 12.2 Å². The number of alkyl halides is 1. The van der Waals surface area contributed by atoms with Crippen molar-refractivity contribution in [3.8, 4) is 0 Å². The molecule has 0 bridgehead atoms. The van der Waals surface area contributed by atoms with Crippen molar-refractivity contribution in [2.24, 2.45) is 4.99 Å². The van der Waals surface area contributed by atoms with Crippen LogP contribution in [0.4, 0.5) is 0 Å². The van der Waals surface area contributed by atoms with Crippen LogP contribution in [0.25, 0.3) is 0 Å². The van der Waals surface area contributed by atoms with Gasteiger partial charge in [-0.05, 0) is 32.5 Å². The van der Waals surface area contributed by atoms with Gasteiger partial charge >= 0.3 is 0 Å². The second kappa shape index (κ2) is 3.43. The molecular weight excluding hydrogens is 184 g/mol. The van der Waals surface area contributed by atoms with E-state index < -0.39 is 0 Å². The average Bonchev–Trinajstić information content (AvgIpc) is 2.53. The summed E-state index contributed by atoms with van der Waals surface area (Å²) in [4.78, 5) is 6.33. The minimum Gasteiger partial charge on any atom is -0.301 e. The number of hydrogen-bond donors (Lipinski definition) is 0. The van der Waals surface area contributed by atoms with Crippen molar-refractivity contribution in [3.63, 3.8) is 0 Å². The molecule has 3 heteroatoms. The maximum Gasteiger partial charge on any atom is 0.0978 e. The summed E-state index contributed by atoms with van der Waals surface area (Å²) in [5.41, 5.74) is 0. The number of rotatable bonds is 1. The minimum absolute atomic E-state index is 0.250. The molecule has 13 heavy (non-hydrogen) atoms. The highest BCUT2D eigenvalue weighted by Gasteiger charge is 2.39. The van der Waals surface area contributed by atoms with Gasteiger partial charge in [0, 0.05) is 12.3 Å². The Labute approximate surface area is 84.3 Å². The maximum absolute atomic E-state index is 6.53. The molecule has 2 nitrogen and oxygen atoms in total. The number of halogens is 1. The molecular formula is C10H15ClN2. The molecule has 1 saturated heterocycles. The van der Waals surface area contributed by atoms with Gasteiger partial charge in [-0.1, -0.05) is 6.08 Å². The molecule has 0 aromatic heterocycles. The van der Waals surface area contributed by atoms with Crippen LogP contribution in [0.5, 0.6) is 0 Å². The smallest absolute Gasteiger partial charge is 0.0978 e. The highest BCUT2D eigenvalue weighted by Crippen LogP contribution is 2.33. The van der Waals surface area contributed by atoms with Gasteiger partial charge in [0.1, 0.15) is 0 Å². The number of allylic oxidation sites excluding steroid dienone is 1. The normalized spacial score (nSPS) is 40.0. The van der Waals surface area contributed by atoms with E-state index >= 15 is 0 Å². The third-order valence-corrected chi connectivity index (χ3v) is 3.47. The topological polar surface area (TPSA) is 15.6 Å². The molecule has 0 N–H and O–H groups in total. The zero-order valence-corrected chi connectivity index (χ0v) is 8.67. The molecule has 0 radical (unpaired) electrons. The van der Waals surface area contributed by atoms with Crippen LogP contribution < -0.4 is 0 Å². The van der Waals surface area contributed by atoms with E-state index in [-0.39, 0.29) is 4.87 Å². The molecule has 0 aliphatic carbocycles. The summed E-state index contributed by atoms with van der Waals surface area (Å²) in [5.74, 6) is 0. The Balaban J connectivity index is 2.14. The first-order chi connectivity index (χ1) is 6.22. The fraction of sp³-hybridized carbons (Fsp3) is 0.700. The summed E-state index contributed by atoms with van der Waals surface area (Å²) in [7, 11) is 2.15. The van der Waals surface area contributed by atoms with E-state index in [1.165, 1.54) is 12.8 Å². The second-order valence-electron chi connectivity index (χ2n) is 3.91. The Hall–Kier alpha value is -0.340. The monoisotopic (exact) mass is 198 g/mol. The molecule has 2 rings (SSSR count). The number of likely N-dealkylation sites (tertiary alicyclic amines) is 1. The van der Waals surface area contributed by atoms with Crippen LogP contribution in [0.2, 0.25) is 0 Å². The quantitative estimate of drug-likeness (QED) is 0.586. The van der Waals surface area contributed by atoms with E-state index in [4.69, 9.17) is 11.6 Å². The largest absolute Gasteiger partial charge is 0.301 e. The van der Waals surface area contributed by atoms with Crippen LogP contribution in [0.1, 0.15) is 12.8 Å². The van der Waals surface area contributed by atoms with Gasteiger partial charge in [0.2, 0.25) is 0 Å². The molecule has 0 aromatic carbocycles. The predicted octanol–water partition coefficient (Wildman–Crippen LogP) is 1.70. The summed E-state index contributed by atoms with van der Waals surface area (Å²) in [6.45, 7) is 1.89. The van der Waals surface area contributed by atoms with Gasteiger partial charge in [-0.3, -0.25) is 4.99 Å². The number of hydrogen-bond acceptors (Lipinski definition) is 2. The van der Waals surface area contributed by atoms with Crippen LogP contribution in [0, 0.1) is 0 Å². The lowest BCUT2D eigenvalue weighted by atomic mass is 9.95. The van der Waals surface area contributed by atoms with Crippen LogP contribution >= 0.6 is 11.6 Å². The Morgan fingerprint density at radius 1 is 1.62 bits per heavy atom. The Morgan fingerprint density at radius 3 is 3.00 bits per heavy atom. The summed E-state index contributed by atoms with van der Waals surface area (Å²) < 4.78 is 0. The van der Waals surface area contributed by atoms with Crippen LogP contribution in [-0.4, -0.2) is 42.2 Å². The van der Waals surface area contributed by atoms with Gasteiger partial charge in [-0.15, -0.1) is 11.6 Å². The third-order valence-electron chi connectivity index (χ3n) is 2.97. The highest BCUT2D eigenvalue weighted by molar-refractivity contribution is 6.26. The fourth-order valence-electron chi connectivity index (χ4n) is 2.24. The Kier molecular flexibility index (Phi) is 2.43. The molecule has 0 amide bonds. The van der Waals surface area contributed by atoms with Gasteiger partial charge in [0.05, 0.1) is 11.4 Å². The van der Waals surface area contributed by atoms with Crippen molar-refractivity contribution in [2.75, 3.05) is 20.1 Å². The summed E-state index contributed by atoms with van der Waals surface area (Å²) in [5, 5.41) is 0. The lowest BCUT2D eigenvalue weighted by Crippen LogP contribution is -2.45. The molecule has 1 unspecified atom stereocenters. The van der Waals surface area contributed by atoms with Gasteiger partial charge < -0.3 is 4.90 Å². The van der Waals surface area contributed by atoms with Crippen LogP contribution in [0.15, 0.2) is 17.1 Å². The summed E-state index contributed by atoms with van der Waals surface area (Å²) in [6.07, 6.45) is 8.33. The molecule has 72 valence electrons. The van der Waals surface area contributed by atoms with Crippen LogP contribution in [-0.2, 0) is 0 Å². The first-order valence-electron chi connectivity index (χ1n) is 4.79. The molecule has 2 atom stereocenters. The van der Waals surface area contributed by atoms with Crippen LogP contribution in [0.3, 0.4) is 0 Å². The maximum atomic E-state index is 6.53. The van der Waals surface area contributed by atoms with E-state index in [0.717, 1.165) is 13.1 Å². The van der Waals surface area contributed by atoms with Crippen molar-refractivity contribution >= 4 is 17.8 Å². The molecule has 2 aliphatic heterocycles. The minimum atomic E-state index is -0.250. The zero-order chi connectivity index (χ0) is 9.31. The highest BCUT2D eigenvalue weighted by atomic mass is 35.5. The van der Waals surface area contributed by atoms with Crippen molar-refractivity contribution in [2.45, 2.75) is 23.8 Å².